The molecule has 0 bridgehead atoms. The summed E-state index contributed by atoms with van der Waals surface area (Å²) < 4.78 is 8.04. The van der Waals surface area contributed by atoms with Gasteiger partial charge in [-0.2, -0.15) is 0 Å². The first kappa shape index (κ1) is 17.9. The molecule has 2 aromatic rings. The topological polar surface area (TPSA) is 64.9 Å². The predicted octanol–water partition coefficient (Wildman–Crippen LogP) is 4.01. The summed E-state index contributed by atoms with van der Waals surface area (Å²) in [6.07, 6.45) is 7.21. The maximum atomic E-state index is 6.02. The first-order chi connectivity index (χ1) is 12.7. The summed E-state index contributed by atoms with van der Waals surface area (Å²) in [5.74, 6) is 0.929. The summed E-state index contributed by atoms with van der Waals surface area (Å²) in [6.45, 7) is 2.90. The molecular weight excluding hydrogens is 350 g/mol. The van der Waals surface area contributed by atoms with Crippen molar-refractivity contribution in [3.05, 3.63) is 40.7 Å². The number of tetrazole rings is 1. The fraction of sp³-hybridized carbons (Fsp3) is 0.632. The van der Waals surface area contributed by atoms with Crippen molar-refractivity contribution >= 4 is 11.6 Å². The quantitative estimate of drug-likeness (QED) is 0.855. The van der Waals surface area contributed by atoms with Crippen LogP contribution in [0.3, 0.4) is 0 Å². The van der Waals surface area contributed by atoms with E-state index in [9.17, 15) is 0 Å². The molecule has 4 rings (SSSR count). The van der Waals surface area contributed by atoms with Gasteiger partial charge in [0.05, 0.1) is 18.2 Å². The molecule has 3 atom stereocenters. The second kappa shape index (κ2) is 8.03. The van der Waals surface area contributed by atoms with E-state index in [-0.39, 0.29) is 18.2 Å². The molecule has 1 aromatic heterocycles. The van der Waals surface area contributed by atoms with E-state index >= 15 is 0 Å². The maximum absolute atomic E-state index is 6.02. The number of halogens is 1. The first-order valence-electron chi connectivity index (χ1n) is 9.63. The Bertz CT molecular complexity index is 713. The lowest BCUT2D eigenvalue weighted by atomic mass is 9.95. The number of rotatable bonds is 5. The molecule has 1 saturated carbocycles. The molecule has 1 aliphatic heterocycles. The van der Waals surface area contributed by atoms with Crippen LogP contribution in [0.15, 0.2) is 24.3 Å². The first-order valence-corrected chi connectivity index (χ1v) is 10.0. The Morgan fingerprint density at radius 3 is 2.69 bits per heavy atom. The predicted molar refractivity (Wildman–Crippen MR) is 100 cm³/mol. The van der Waals surface area contributed by atoms with Gasteiger partial charge in [0.2, 0.25) is 0 Å². The average molecular weight is 376 g/mol. The Hall–Kier alpha value is -1.50. The van der Waals surface area contributed by atoms with Gasteiger partial charge >= 0.3 is 0 Å². The zero-order valence-electron chi connectivity index (χ0n) is 15.1. The van der Waals surface area contributed by atoms with Crippen molar-refractivity contribution in [3.63, 3.8) is 0 Å². The Labute approximate surface area is 159 Å². The molecule has 1 saturated heterocycles. The minimum absolute atomic E-state index is 0.0359. The Balaban J connectivity index is 1.46. The van der Waals surface area contributed by atoms with Crippen LogP contribution in [0.4, 0.5) is 0 Å². The molecule has 0 amide bonds. The van der Waals surface area contributed by atoms with Gasteiger partial charge in [-0.05, 0) is 54.3 Å². The van der Waals surface area contributed by atoms with Crippen LogP contribution >= 0.6 is 11.6 Å². The Morgan fingerprint density at radius 1 is 1.15 bits per heavy atom. The van der Waals surface area contributed by atoms with E-state index in [0.29, 0.717) is 6.04 Å². The van der Waals surface area contributed by atoms with Crippen molar-refractivity contribution in [2.24, 2.45) is 0 Å². The van der Waals surface area contributed by atoms with Crippen molar-refractivity contribution < 1.29 is 4.74 Å². The number of benzene rings is 1. The van der Waals surface area contributed by atoms with Crippen LogP contribution in [-0.4, -0.2) is 32.9 Å². The second-order valence-electron chi connectivity index (χ2n) is 7.40. The van der Waals surface area contributed by atoms with Gasteiger partial charge in [0, 0.05) is 17.7 Å². The molecule has 26 heavy (non-hydrogen) atoms. The molecule has 7 heteroatoms. The van der Waals surface area contributed by atoms with E-state index in [0.717, 1.165) is 29.4 Å². The van der Waals surface area contributed by atoms with Crippen LogP contribution in [0.5, 0.6) is 0 Å². The van der Waals surface area contributed by atoms with Crippen molar-refractivity contribution in [2.75, 3.05) is 6.61 Å². The van der Waals surface area contributed by atoms with E-state index in [1.165, 1.54) is 32.1 Å². The normalized spacial score (nSPS) is 25.5. The Morgan fingerprint density at radius 2 is 1.92 bits per heavy atom. The minimum atomic E-state index is 0.0359. The number of hydrogen-bond acceptors (Lipinski definition) is 5. The van der Waals surface area contributed by atoms with Gasteiger partial charge in [0.1, 0.15) is 0 Å². The highest BCUT2D eigenvalue weighted by atomic mass is 35.5. The summed E-state index contributed by atoms with van der Waals surface area (Å²) in [5.41, 5.74) is 1.16. The zero-order chi connectivity index (χ0) is 17.9. The SMILES string of the molecule is CC(NC1CCOC1c1ccc(Cl)cc1)c1nnnn1C1CCCCC1. The summed E-state index contributed by atoms with van der Waals surface area (Å²) in [5, 5.41) is 17.0. The van der Waals surface area contributed by atoms with Crippen molar-refractivity contribution in [1.82, 2.24) is 25.5 Å². The third-order valence-corrected chi connectivity index (χ3v) is 5.83. The second-order valence-corrected chi connectivity index (χ2v) is 7.84. The van der Waals surface area contributed by atoms with E-state index < -0.39 is 0 Å². The summed E-state index contributed by atoms with van der Waals surface area (Å²) in [4.78, 5) is 0. The number of nitrogens with zero attached hydrogens (tertiary/aromatic N) is 4. The van der Waals surface area contributed by atoms with Crippen LogP contribution in [0, 0.1) is 0 Å². The smallest absolute Gasteiger partial charge is 0.168 e. The third kappa shape index (κ3) is 3.77. The molecule has 1 aliphatic carbocycles. The molecular formula is C19H26ClN5O. The van der Waals surface area contributed by atoms with Crippen LogP contribution in [0.25, 0.3) is 0 Å². The van der Waals surface area contributed by atoms with E-state index in [1.54, 1.807) is 0 Å². The standard InChI is InChI=1S/C19H26ClN5O/c1-13(19-22-23-24-25(19)16-5-3-2-4-6-16)21-17-11-12-26-18(17)14-7-9-15(20)10-8-14/h7-10,13,16-18,21H,2-6,11-12H2,1H3. The summed E-state index contributed by atoms with van der Waals surface area (Å²) in [6, 6.07) is 8.68. The zero-order valence-corrected chi connectivity index (χ0v) is 15.9. The number of aromatic nitrogens is 4. The molecule has 2 heterocycles. The lowest BCUT2D eigenvalue weighted by Crippen LogP contribution is -2.35. The van der Waals surface area contributed by atoms with Gasteiger partial charge in [-0.1, -0.05) is 43.0 Å². The van der Waals surface area contributed by atoms with Crippen LogP contribution in [-0.2, 0) is 4.74 Å². The van der Waals surface area contributed by atoms with Crippen LogP contribution in [0.1, 0.15) is 75.0 Å². The largest absolute Gasteiger partial charge is 0.372 e. The lowest BCUT2D eigenvalue weighted by molar-refractivity contribution is 0.0963. The van der Waals surface area contributed by atoms with Gasteiger partial charge < -0.3 is 10.1 Å². The summed E-state index contributed by atoms with van der Waals surface area (Å²) >= 11 is 6.02. The van der Waals surface area contributed by atoms with E-state index in [1.807, 2.05) is 28.9 Å². The van der Waals surface area contributed by atoms with E-state index in [4.69, 9.17) is 16.3 Å². The fourth-order valence-electron chi connectivity index (χ4n) is 4.21. The van der Waals surface area contributed by atoms with Gasteiger partial charge in [-0.15, -0.1) is 5.10 Å². The fourth-order valence-corrected chi connectivity index (χ4v) is 4.33. The molecule has 2 fully saturated rings. The molecule has 2 aliphatic rings. The van der Waals surface area contributed by atoms with E-state index in [2.05, 4.69) is 27.8 Å². The monoisotopic (exact) mass is 375 g/mol. The van der Waals surface area contributed by atoms with Crippen molar-refractivity contribution in [2.45, 2.75) is 69.7 Å². The number of nitrogens with one attached hydrogen (secondary N) is 1. The summed E-state index contributed by atoms with van der Waals surface area (Å²) in [7, 11) is 0. The molecule has 6 nitrogen and oxygen atoms in total. The Kier molecular flexibility index (Phi) is 5.52. The van der Waals surface area contributed by atoms with Crippen LogP contribution in [0.2, 0.25) is 5.02 Å². The highest BCUT2D eigenvalue weighted by molar-refractivity contribution is 6.30. The molecule has 1 aromatic carbocycles. The average Bonchev–Trinajstić information content (AvgIpc) is 3.32. The lowest BCUT2D eigenvalue weighted by Gasteiger charge is -2.26. The number of ether oxygens (including phenoxy) is 1. The van der Waals surface area contributed by atoms with Gasteiger partial charge in [0.25, 0.3) is 0 Å². The number of hydrogen-bond donors (Lipinski definition) is 1. The van der Waals surface area contributed by atoms with Gasteiger partial charge in [-0.25, -0.2) is 4.68 Å². The molecule has 0 radical (unpaired) electrons. The molecule has 3 unspecified atom stereocenters. The van der Waals surface area contributed by atoms with Crippen LogP contribution < -0.4 is 5.32 Å². The molecule has 1 N–H and O–H groups in total. The maximum Gasteiger partial charge on any atom is 0.168 e. The molecule has 140 valence electrons. The highest BCUT2D eigenvalue weighted by Gasteiger charge is 2.32. The van der Waals surface area contributed by atoms with Gasteiger partial charge in [0.15, 0.2) is 5.82 Å². The molecule has 0 spiro atoms. The van der Waals surface area contributed by atoms with Gasteiger partial charge in [-0.3, -0.25) is 0 Å². The third-order valence-electron chi connectivity index (χ3n) is 5.58. The van der Waals surface area contributed by atoms with Crippen molar-refractivity contribution in [3.8, 4) is 0 Å². The minimum Gasteiger partial charge on any atom is -0.372 e. The highest BCUT2D eigenvalue weighted by Crippen LogP contribution is 2.33. The van der Waals surface area contributed by atoms with Crippen molar-refractivity contribution in [1.29, 1.82) is 0 Å².